The van der Waals surface area contributed by atoms with Crippen molar-refractivity contribution in [3.63, 3.8) is 0 Å². The van der Waals surface area contributed by atoms with Crippen molar-refractivity contribution in [3.8, 4) is 0 Å². The van der Waals surface area contributed by atoms with Gasteiger partial charge < -0.3 is 4.57 Å². The predicted octanol–water partition coefficient (Wildman–Crippen LogP) is 1.45. The topological polar surface area (TPSA) is 3.24 Å². The van der Waals surface area contributed by atoms with Gasteiger partial charge in [0.15, 0.2) is 0 Å². The third kappa shape index (κ3) is 1.55. The molecule has 1 fully saturated rings. The average Bonchev–Trinajstić information content (AvgIpc) is 1.60. The summed E-state index contributed by atoms with van der Waals surface area (Å²) in [5.74, 6) is 0. The molecule has 0 amide bonds. The van der Waals surface area contributed by atoms with Crippen molar-refractivity contribution in [2.75, 3.05) is 7.05 Å². The minimum Gasteiger partial charge on any atom is -0.327 e. The van der Waals surface area contributed by atoms with Crippen LogP contribution in [0.4, 0.5) is 0 Å². The molecule has 9 heavy (non-hydrogen) atoms. The third-order valence-electron chi connectivity index (χ3n) is 2.47. The highest BCUT2D eigenvalue weighted by Gasteiger charge is 2.24. The normalized spacial score (nSPS) is 21.0. The van der Waals surface area contributed by atoms with Gasteiger partial charge in [-0.15, -0.1) is 0 Å². The fourth-order valence-corrected chi connectivity index (χ4v) is 3.65. The largest absolute Gasteiger partial charge is 0.327 e. The van der Waals surface area contributed by atoms with Crippen molar-refractivity contribution in [3.05, 3.63) is 0 Å². The quantitative estimate of drug-likeness (QED) is 0.529. The molecule has 2 heteroatoms. The predicted molar refractivity (Wildman–Crippen MR) is 44.3 cm³/mol. The first kappa shape index (κ1) is 7.29. The summed E-state index contributed by atoms with van der Waals surface area (Å²) in [5, 5.41) is 0. The fraction of sp³-hybridized carbons (Fsp3) is 1.00. The Labute approximate surface area is 59.7 Å². The van der Waals surface area contributed by atoms with Gasteiger partial charge >= 0.3 is 0 Å². The van der Waals surface area contributed by atoms with Gasteiger partial charge in [-0.3, -0.25) is 0 Å². The van der Waals surface area contributed by atoms with Gasteiger partial charge in [0.25, 0.3) is 0 Å². The Kier molecular flexibility index (Phi) is 2.30. The lowest BCUT2D eigenvalue weighted by atomic mass is 10.4. The van der Waals surface area contributed by atoms with E-state index in [1.54, 1.807) is 12.1 Å². The number of nitrogens with zero attached hydrogens (tertiary/aromatic N) is 1. The van der Waals surface area contributed by atoms with Gasteiger partial charge in [-0.2, -0.15) is 0 Å². The fourth-order valence-electron chi connectivity index (χ4n) is 1.22. The summed E-state index contributed by atoms with van der Waals surface area (Å²) in [5.41, 5.74) is 0. The van der Waals surface area contributed by atoms with Crippen LogP contribution in [0.3, 0.4) is 0 Å². The van der Waals surface area contributed by atoms with E-state index < -0.39 is 0 Å². The maximum absolute atomic E-state index is 2.61. The van der Waals surface area contributed by atoms with E-state index in [2.05, 4.69) is 25.5 Å². The van der Waals surface area contributed by atoms with Crippen LogP contribution in [0.15, 0.2) is 0 Å². The molecular weight excluding hydrogens is 126 g/mol. The smallest absolute Gasteiger partial charge is 0.111 e. The van der Waals surface area contributed by atoms with E-state index in [4.69, 9.17) is 0 Å². The maximum Gasteiger partial charge on any atom is 0.111 e. The van der Waals surface area contributed by atoms with Crippen LogP contribution < -0.4 is 0 Å². The molecule has 1 heterocycles. The third-order valence-corrected chi connectivity index (χ3v) is 6.36. The van der Waals surface area contributed by atoms with E-state index >= 15 is 0 Å². The lowest BCUT2D eigenvalue weighted by molar-refractivity contribution is 0.415. The minimum atomic E-state index is -0.319. The van der Waals surface area contributed by atoms with Gasteiger partial charge in [-0.25, -0.2) is 0 Å². The standard InChI is InChI=1S/C7H17NSi/c1-7(2)8(3)9-5-4-6-9/h7,9H,4-6H2,1-3H3. The molecule has 54 valence electrons. The van der Waals surface area contributed by atoms with Crippen molar-refractivity contribution < 1.29 is 0 Å². The number of hydrogen-bond donors (Lipinski definition) is 0. The molecule has 1 rings (SSSR count). The monoisotopic (exact) mass is 143 g/mol. The number of hydrogen-bond acceptors (Lipinski definition) is 1. The van der Waals surface area contributed by atoms with Crippen molar-refractivity contribution in [2.24, 2.45) is 0 Å². The molecule has 0 N–H and O–H groups in total. The van der Waals surface area contributed by atoms with E-state index in [1.165, 1.54) is 6.42 Å². The van der Waals surface area contributed by atoms with Gasteiger partial charge in [-0.05, 0) is 25.2 Å². The molecule has 0 aromatic heterocycles. The van der Waals surface area contributed by atoms with E-state index in [0.717, 1.165) is 6.04 Å². The van der Waals surface area contributed by atoms with Crippen molar-refractivity contribution in [1.29, 1.82) is 0 Å². The van der Waals surface area contributed by atoms with Gasteiger partial charge in [0.1, 0.15) is 8.96 Å². The van der Waals surface area contributed by atoms with Crippen LogP contribution in [-0.4, -0.2) is 26.6 Å². The molecule has 0 saturated carbocycles. The van der Waals surface area contributed by atoms with E-state index in [1.807, 2.05) is 0 Å². The van der Waals surface area contributed by atoms with E-state index in [-0.39, 0.29) is 8.96 Å². The van der Waals surface area contributed by atoms with Crippen LogP contribution in [0.25, 0.3) is 0 Å². The first-order valence-corrected chi connectivity index (χ1v) is 6.08. The number of rotatable bonds is 2. The Bertz CT molecular complexity index is 88.9. The Morgan fingerprint density at radius 3 is 2.00 bits per heavy atom. The zero-order valence-corrected chi connectivity index (χ0v) is 7.88. The zero-order valence-electron chi connectivity index (χ0n) is 6.72. The second kappa shape index (κ2) is 2.84. The second-order valence-corrected chi connectivity index (χ2v) is 6.62. The van der Waals surface area contributed by atoms with Gasteiger partial charge in [0, 0.05) is 0 Å². The molecule has 0 bridgehead atoms. The Balaban J connectivity index is 2.23. The highest BCUT2D eigenvalue weighted by molar-refractivity contribution is 6.58. The average molecular weight is 143 g/mol. The summed E-state index contributed by atoms with van der Waals surface area (Å²) < 4.78 is 2.61. The molecule has 0 aromatic rings. The molecule has 0 unspecified atom stereocenters. The lowest BCUT2D eigenvalue weighted by Gasteiger charge is -2.35. The first-order valence-electron chi connectivity index (χ1n) is 3.93. The van der Waals surface area contributed by atoms with Gasteiger partial charge in [-0.1, -0.05) is 20.3 Å². The van der Waals surface area contributed by atoms with Crippen molar-refractivity contribution in [2.45, 2.75) is 38.4 Å². The van der Waals surface area contributed by atoms with Crippen LogP contribution in [0.1, 0.15) is 20.3 Å². The molecule has 1 aliphatic heterocycles. The molecule has 1 aliphatic rings. The molecule has 0 aromatic carbocycles. The highest BCUT2D eigenvalue weighted by Crippen LogP contribution is 2.23. The summed E-state index contributed by atoms with van der Waals surface area (Å²) >= 11 is 0. The minimum absolute atomic E-state index is 0.319. The lowest BCUT2D eigenvalue weighted by Crippen LogP contribution is -2.44. The van der Waals surface area contributed by atoms with Crippen LogP contribution in [0.5, 0.6) is 0 Å². The summed E-state index contributed by atoms with van der Waals surface area (Å²) in [6.07, 6.45) is 1.51. The van der Waals surface area contributed by atoms with Crippen LogP contribution in [0, 0.1) is 0 Å². The van der Waals surface area contributed by atoms with Crippen molar-refractivity contribution in [1.82, 2.24) is 4.57 Å². The van der Waals surface area contributed by atoms with Crippen molar-refractivity contribution >= 4 is 8.96 Å². The Morgan fingerprint density at radius 2 is 1.89 bits per heavy atom. The summed E-state index contributed by atoms with van der Waals surface area (Å²) in [7, 11) is 1.97. The summed E-state index contributed by atoms with van der Waals surface area (Å²) in [6.45, 7) is 4.59. The molecule has 0 atom stereocenters. The van der Waals surface area contributed by atoms with E-state index in [0.29, 0.717) is 0 Å². The molecule has 1 nitrogen and oxygen atoms in total. The highest BCUT2D eigenvalue weighted by atomic mass is 28.3. The molecule has 0 aliphatic carbocycles. The molecular formula is C7H17NSi. The van der Waals surface area contributed by atoms with Gasteiger partial charge in [0.05, 0.1) is 0 Å². The Hall–Kier alpha value is 0.177. The maximum atomic E-state index is 2.61. The summed E-state index contributed by atoms with van der Waals surface area (Å²) in [4.78, 5) is 0. The van der Waals surface area contributed by atoms with Crippen LogP contribution >= 0.6 is 0 Å². The molecule has 1 saturated heterocycles. The van der Waals surface area contributed by atoms with Crippen LogP contribution in [0.2, 0.25) is 12.1 Å². The molecule has 0 spiro atoms. The SMILES string of the molecule is CC(C)N(C)[SiH]1CCC1. The zero-order chi connectivity index (χ0) is 6.85. The first-order chi connectivity index (χ1) is 4.22. The van der Waals surface area contributed by atoms with Crippen LogP contribution in [-0.2, 0) is 0 Å². The molecule has 0 radical (unpaired) electrons. The Morgan fingerprint density at radius 1 is 1.33 bits per heavy atom. The van der Waals surface area contributed by atoms with Gasteiger partial charge in [0.2, 0.25) is 0 Å². The summed E-state index contributed by atoms with van der Waals surface area (Å²) in [6, 6.07) is 3.92. The van der Waals surface area contributed by atoms with E-state index in [9.17, 15) is 0 Å². The second-order valence-electron chi connectivity index (χ2n) is 3.34.